The van der Waals surface area contributed by atoms with Crippen LogP contribution in [0.2, 0.25) is 0 Å². The number of hydrogen-bond donors (Lipinski definition) is 1. The molecule has 5 heteroatoms. The molecule has 0 bridgehead atoms. The predicted octanol–water partition coefficient (Wildman–Crippen LogP) is 4.81. The quantitative estimate of drug-likeness (QED) is 0.709. The van der Waals surface area contributed by atoms with Crippen LogP contribution in [0.25, 0.3) is 0 Å². The minimum Gasteiger partial charge on any atom is -0.339 e. The highest BCUT2D eigenvalue weighted by Crippen LogP contribution is 2.22. The second-order valence-electron chi connectivity index (χ2n) is 6.55. The number of nitrogens with one attached hydrogen (secondary N) is 1. The molecule has 2 aromatic carbocycles. The minimum atomic E-state index is -0.158. The number of aromatic nitrogens is 2. The Labute approximate surface area is 160 Å². The van der Waals surface area contributed by atoms with Gasteiger partial charge in [0.05, 0.1) is 12.4 Å². The lowest BCUT2D eigenvalue weighted by atomic mass is 10.1. The summed E-state index contributed by atoms with van der Waals surface area (Å²) < 4.78 is 0. The Kier molecular flexibility index (Phi) is 5.50. The molecule has 138 valence electrons. The lowest BCUT2D eigenvalue weighted by Gasteiger charge is -2.21. The topological polar surface area (TPSA) is 58.1 Å². The van der Waals surface area contributed by atoms with Gasteiger partial charge in [-0.25, -0.2) is 9.97 Å². The second kappa shape index (κ2) is 7.99. The van der Waals surface area contributed by atoms with Gasteiger partial charge in [-0.15, -0.1) is 0 Å². The second-order valence-corrected chi connectivity index (χ2v) is 6.55. The molecule has 1 heterocycles. The van der Waals surface area contributed by atoms with E-state index in [1.807, 2.05) is 50.2 Å². The maximum Gasteiger partial charge on any atom is 0.278 e. The van der Waals surface area contributed by atoms with Crippen molar-refractivity contribution in [1.29, 1.82) is 0 Å². The minimum absolute atomic E-state index is 0.158. The van der Waals surface area contributed by atoms with Crippen molar-refractivity contribution in [1.82, 2.24) is 9.97 Å². The highest BCUT2D eigenvalue weighted by atomic mass is 16.2. The molecular formula is C22H24N4O. The number of aryl methyl sites for hydroxylation is 2. The number of carbonyl (C=O) groups is 1. The first kappa shape index (κ1) is 18.6. The van der Waals surface area contributed by atoms with E-state index in [0.29, 0.717) is 18.1 Å². The van der Waals surface area contributed by atoms with E-state index in [1.165, 1.54) is 11.8 Å². The lowest BCUT2D eigenvalue weighted by Crippen LogP contribution is -2.31. The summed E-state index contributed by atoms with van der Waals surface area (Å²) in [6.45, 7) is 8.65. The third-order valence-corrected chi connectivity index (χ3v) is 4.61. The van der Waals surface area contributed by atoms with E-state index in [4.69, 9.17) is 0 Å². The van der Waals surface area contributed by atoms with Gasteiger partial charge >= 0.3 is 0 Å². The largest absolute Gasteiger partial charge is 0.339 e. The lowest BCUT2D eigenvalue weighted by molar-refractivity contribution is 0.0983. The molecule has 1 amide bonds. The van der Waals surface area contributed by atoms with Gasteiger partial charge in [-0.3, -0.25) is 4.79 Å². The van der Waals surface area contributed by atoms with Crippen molar-refractivity contribution in [2.75, 3.05) is 16.8 Å². The SMILES string of the molecule is CCN(C(=O)c1cnc(Nc2cccc(C)c2C)cn1)c1cccc(C)c1. The molecule has 1 N–H and O–H groups in total. The van der Waals surface area contributed by atoms with Crippen LogP contribution >= 0.6 is 0 Å². The molecule has 0 saturated carbocycles. The zero-order valence-corrected chi connectivity index (χ0v) is 16.2. The summed E-state index contributed by atoms with van der Waals surface area (Å²) in [5.41, 5.74) is 5.65. The van der Waals surface area contributed by atoms with E-state index in [9.17, 15) is 4.79 Å². The van der Waals surface area contributed by atoms with Gasteiger partial charge < -0.3 is 10.2 Å². The van der Waals surface area contributed by atoms with Crippen molar-refractivity contribution in [3.8, 4) is 0 Å². The van der Waals surface area contributed by atoms with Gasteiger partial charge in [0.15, 0.2) is 0 Å². The first-order valence-electron chi connectivity index (χ1n) is 9.03. The normalized spacial score (nSPS) is 10.5. The van der Waals surface area contributed by atoms with Crippen molar-refractivity contribution in [2.24, 2.45) is 0 Å². The van der Waals surface area contributed by atoms with Gasteiger partial charge in [-0.1, -0.05) is 24.3 Å². The Morgan fingerprint density at radius 2 is 1.81 bits per heavy atom. The number of benzene rings is 2. The van der Waals surface area contributed by atoms with Crippen molar-refractivity contribution in [3.63, 3.8) is 0 Å². The molecule has 3 aromatic rings. The van der Waals surface area contributed by atoms with Crippen LogP contribution < -0.4 is 10.2 Å². The molecule has 0 aliphatic rings. The molecule has 0 atom stereocenters. The molecule has 5 nitrogen and oxygen atoms in total. The number of carbonyl (C=O) groups excluding carboxylic acids is 1. The van der Waals surface area contributed by atoms with Crippen molar-refractivity contribution < 1.29 is 4.79 Å². The fourth-order valence-electron chi connectivity index (χ4n) is 2.91. The van der Waals surface area contributed by atoms with Crippen LogP contribution in [0, 0.1) is 20.8 Å². The number of anilines is 3. The number of nitrogens with zero attached hydrogens (tertiary/aromatic N) is 3. The smallest absolute Gasteiger partial charge is 0.278 e. The van der Waals surface area contributed by atoms with Gasteiger partial charge in [0.1, 0.15) is 11.5 Å². The van der Waals surface area contributed by atoms with Crippen LogP contribution in [0.4, 0.5) is 17.2 Å². The highest BCUT2D eigenvalue weighted by molar-refractivity contribution is 6.04. The Hall–Kier alpha value is -3.21. The standard InChI is InChI=1S/C22H24N4O/c1-5-26(18-10-6-8-15(2)12-18)22(27)20-13-24-21(14-23-20)25-19-11-7-9-16(3)17(19)4/h6-14H,5H2,1-4H3,(H,24,25). The number of rotatable bonds is 5. The zero-order valence-electron chi connectivity index (χ0n) is 16.2. The van der Waals surface area contributed by atoms with Gasteiger partial charge in [-0.05, 0) is 62.6 Å². The van der Waals surface area contributed by atoms with Gasteiger partial charge in [0.2, 0.25) is 0 Å². The zero-order chi connectivity index (χ0) is 19.4. The Bertz CT molecular complexity index is 951. The summed E-state index contributed by atoms with van der Waals surface area (Å²) in [5, 5.41) is 3.26. The highest BCUT2D eigenvalue weighted by Gasteiger charge is 2.18. The van der Waals surface area contributed by atoms with E-state index in [-0.39, 0.29) is 5.91 Å². The Balaban J connectivity index is 1.79. The number of amides is 1. The number of hydrogen-bond acceptors (Lipinski definition) is 4. The molecule has 0 aliphatic carbocycles. The van der Waals surface area contributed by atoms with E-state index in [2.05, 4.69) is 35.2 Å². The Morgan fingerprint density at radius 3 is 2.48 bits per heavy atom. The molecule has 0 fully saturated rings. The van der Waals surface area contributed by atoms with Crippen LogP contribution in [-0.2, 0) is 0 Å². The van der Waals surface area contributed by atoms with E-state index in [1.54, 1.807) is 11.1 Å². The van der Waals surface area contributed by atoms with Gasteiger partial charge in [-0.2, -0.15) is 0 Å². The molecule has 0 unspecified atom stereocenters. The van der Waals surface area contributed by atoms with Crippen LogP contribution in [0.3, 0.4) is 0 Å². The van der Waals surface area contributed by atoms with Gasteiger partial charge in [0.25, 0.3) is 5.91 Å². The Morgan fingerprint density at radius 1 is 1.04 bits per heavy atom. The van der Waals surface area contributed by atoms with E-state index < -0.39 is 0 Å². The van der Waals surface area contributed by atoms with Gasteiger partial charge in [0, 0.05) is 17.9 Å². The van der Waals surface area contributed by atoms with E-state index in [0.717, 1.165) is 22.5 Å². The fraction of sp³-hybridized carbons (Fsp3) is 0.227. The van der Waals surface area contributed by atoms with Crippen molar-refractivity contribution in [2.45, 2.75) is 27.7 Å². The summed E-state index contributed by atoms with van der Waals surface area (Å²) in [6.07, 6.45) is 3.12. The average Bonchev–Trinajstić information content (AvgIpc) is 2.67. The predicted molar refractivity (Wildman–Crippen MR) is 110 cm³/mol. The summed E-state index contributed by atoms with van der Waals surface area (Å²) in [4.78, 5) is 23.3. The van der Waals surface area contributed by atoms with Crippen LogP contribution in [0.15, 0.2) is 54.9 Å². The molecule has 0 radical (unpaired) electrons. The molecule has 0 saturated heterocycles. The molecular weight excluding hydrogens is 336 g/mol. The fourth-order valence-corrected chi connectivity index (χ4v) is 2.91. The van der Waals surface area contributed by atoms with Crippen molar-refractivity contribution in [3.05, 3.63) is 77.2 Å². The van der Waals surface area contributed by atoms with Crippen LogP contribution in [0.1, 0.15) is 34.1 Å². The molecule has 3 rings (SSSR count). The molecule has 1 aromatic heterocycles. The maximum absolute atomic E-state index is 12.9. The third-order valence-electron chi connectivity index (χ3n) is 4.61. The van der Waals surface area contributed by atoms with Crippen molar-refractivity contribution >= 4 is 23.1 Å². The molecule has 27 heavy (non-hydrogen) atoms. The van der Waals surface area contributed by atoms with E-state index >= 15 is 0 Å². The monoisotopic (exact) mass is 360 g/mol. The summed E-state index contributed by atoms with van der Waals surface area (Å²) >= 11 is 0. The molecule has 0 spiro atoms. The molecule has 0 aliphatic heterocycles. The first-order valence-corrected chi connectivity index (χ1v) is 9.03. The summed E-state index contributed by atoms with van der Waals surface area (Å²) in [6, 6.07) is 13.9. The summed E-state index contributed by atoms with van der Waals surface area (Å²) in [7, 11) is 0. The van der Waals surface area contributed by atoms with Crippen LogP contribution in [0.5, 0.6) is 0 Å². The third kappa shape index (κ3) is 4.14. The first-order chi connectivity index (χ1) is 13.0. The maximum atomic E-state index is 12.9. The summed E-state index contributed by atoms with van der Waals surface area (Å²) in [5.74, 6) is 0.452. The van der Waals surface area contributed by atoms with Crippen LogP contribution in [-0.4, -0.2) is 22.4 Å². The average molecular weight is 360 g/mol.